The van der Waals surface area contributed by atoms with Crippen molar-refractivity contribution in [2.75, 3.05) is 38.2 Å². The van der Waals surface area contributed by atoms with Crippen LogP contribution in [-0.2, 0) is 23.8 Å². The number of hydrogen-bond acceptors (Lipinski definition) is 5. The van der Waals surface area contributed by atoms with Crippen molar-refractivity contribution in [2.45, 2.75) is 12.8 Å². The normalized spacial score (nSPS) is 10.0. The molecule has 0 N–H and O–H groups in total. The predicted octanol–water partition coefficient (Wildman–Crippen LogP) is 1.35. The standard InChI is InChI=1S/C10H16Cl2O5/c11-3-1-5-16-9(13)7-15-8-10(14)17-6-2-4-12/h1-8H2. The quantitative estimate of drug-likeness (QED) is 0.345. The van der Waals surface area contributed by atoms with Crippen molar-refractivity contribution in [3.8, 4) is 0 Å². The molecule has 0 amide bonds. The summed E-state index contributed by atoms with van der Waals surface area (Å²) >= 11 is 10.8. The smallest absolute Gasteiger partial charge is 0.332 e. The van der Waals surface area contributed by atoms with E-state index in [9.17, 15) is 9.59 Å². The van der Waals surface area contributed by atoms with Crippen LogP contribution in [0.15, 0.2) is 0 Å². The highest BCUT2D eigenvalue weighted by atomic mass is 35.5. The van der Waals surface area contributed by atoms with Crippen LogP contribution in [0.4, 0.5) is 0 Å². The van der Waals surface area contributed by atoms with Gasteiger partial charge in [0.2, 0.25) is 0 Å². The van der Waals surface area contributed by atoms with Crippen LogP contribution in [0.5, 0.6) is 0 Å². The van der Waals surface area contributed by atoms with E-state index >= 15 is 0 Å². The van der Waals surface area contributed by atoms with Crippen molar-refractivity contribution in [3.05, 3.63) is 0 Å². The van der Waals surface area contributed by atoms with Gasteiger partial charge in [-0.2, -0.15) is 0 Å². The molecule has 0 rings (SSSR count). The Balaban J connectivity index is 3.36. The first-order valence-corrected chi connectivity index (χ1v) is 6.28. The first kappa shape index (κ1) is 16.5. The Labute approximate surface area is 110 Å². The average molecular weight is 287 g/mol. The number of carbonyl (C=O) groups excluding carboxylic acids is 2. The molecule has 0 saturated heterocycles. The van der Waals surface area contributed by atoms with Gasteiger partial charge >= 0.3 is 11.9 Å². The number of rotatable bonds is 10. The van der Waals surface area contributed by atoms with Crippen molar-refractivity contribution in [1.82, 2.24) is 0 Å². The Kier molecular flexibility index (Phi) is 11.6. The maximum Gasteiger partial charge on any atom is 0.332 e. The van der Waals surface area contributed by atoms with E-state index in [4.69, 9.17) is 37.4 Å². The van der Waals surface area contributed by atoms with Gasteiger partial charge in [0.15, 0.2) is 0 Å². The zero-order valence-corrected chi connectivity index (χ0v) is 11.0. The molecule has 100 valence electrons. The van der Waals surface area contributed by atoms with Crippen molar-refractivity contribution < 1.29 is 23.8 Å². The van der Waals surface area contributed by atoms with Crippen LogP contribution in [0, 0.1) is 0 Å². The molecule has 5 nitrogen and oxygen atoms in total. The molecular formula is C10H16Cl2O5. The molecule has 0 atom stereocenters. The van der Waals surface area contributed by atoms with Gasteiger partial charge in [0.1, 0.15) is 13.2 Å². The van der Waals surface area contributed by atoms with Crippen LogP contribution in [0.3, 0.4) is 0 Å². The summed E-state index contributed by atoms with van der Waals surface area (Å²) in [6.45, 7) is -0.0303. The lowest BCUT2D eigenvalue weighted by Gasteiger charge is -2.05. The molecule has 0 aliphatic rings. The van der Waals surface area contributed by atoms with E-state index in [-0.39, 0.29) is 26.4 Å². The number of alkyl halides is 2. The summed E-state index contributed by atoms with van der Waals surface area (Å²) in [4.78, 5) is 22.0. The minimum Gasteiger partial charge on any atom is -0.464 e. The van der Waals surface area contributed by atoms with E-state index in [1.165, 1.54) is 0 Å². The Hall–Kier alpha value is -0.520. The summed E-state index contributed by atoms with van der Waals surface area (Å²) < 4.78 is 14.3. The largest absolute Gasteiger partial charge is 0.464 e. The first-order valence-electron chi connectivity index (χ1n) is 5.21. The number of carbonyl (C=O) groups is 2. The van der Waals surface area contributed by atoms with Gasteiger partial charge in [-0.1, -0.05) is 0 Å². The Morgan fingerprint density at radius 2 is 1.24 bits per heavy atom. The molecule has 0 aliphatic carbocycles. The van der Waals surface area contributed by atoms with Crippen LogP contribution in [0.1, 0.15) is 12.8 Å². The zero-order valence-electron chi connectivity index (χ0n) is 9.45. The van der Waals surface area contributed by atoms with Gasteiger partial charge < -0.3 is 14.2 Å². The molecule has 17 heavy (non-hydrogen) atoms. The fraction of sp³-hybridized carbons (Fsp3) is 0.800. The average Bonchev–Trinajstić information content (AvgIpc) is 2.30. The number of hydrogen-bond donors (Lipinski definition) is 0. The molecule has 0 fully saturated rings. The van der Waals surface area contributed by atoms with Gasteiger partial charge in [-0.15, -0.1) is 23.2 Å². The van der Waals surface area contributed by atoms with Crippen LogP contribution < -0.4 is 0 Å². The van der Waals surface area contributed by atoms with E-state index in [1.54, 1.807) is 0 Å². The first-order chi connectivity index (χ1) is 8.20. The van der Waals surface area contributed by atoms with Crippen LogP contribution in [-0.4, -0.2) is 50.1 Å². The predicted molar refractivity (Wildman–Crippen MR) is 63.4 cm³/mol. The van der Waals surface area contributed by atoms with Gasteiger partial charge in [-0.25, -0.2) is 9.59 Å². The minimum atomic E-state index is -0.524. The summed E-state index contributed by atoms with van der Waals surface area (Å²) in [5.74, 6) is -0.186. The second-order valence-corrected chi connectivity index (χ2v) is 3.77. The van der Waals surface area contributed by atoms with E-state index in [0.29, 0.717) is 24.6 Å². The van der Waals surface area contributed by atoms with Crippen molar-refractivity contribution in [2.24, 2.45) is 0 Å². The molecule has 7 heteroatoms. The third-order valence-corrected chi connectivity index (χ3v) is 2.06. The van der Waals surface area contributed by atoms with Crippen molar-refractivity contribution >= 4 is 35.1 Å². The third-order valence-electron chi connectivity index (χ3n) is 1.52. The summed E-state index contributed by atoms with van der Waals surface area (Å²) in [5.41, 5.74) is 0. The van der Waals surface area contributed by atoms with E-state index < -0.39 is 11.9 Å². The fourth-order valence-corrected chi connectivity index (χ4v) is 1.00. The molecule has 0 aliphatic heterocycles. The summed E-state index contributed by atoms with van der Waals surface area (Å²) in [6.07, 6.45) is 1.18. The molecule has 0 radical (unpaired) electrons. The summed E-state index contributed by atoms with van der Waals surface area (Å²) in [6, 6.07) is 0. The Morgan fingerprint density at radius 3 is 1.59 bits per heavy atom. The molecule has 0 aromatic rings. The van der Waals surface area contributed by atoms with Crippen LogP contribution in [0.2, 0.25) is 0 Å². The van der Waals surface area contributed by atoms with Crippen molar-refractivity contribution in [1.29, 1.82) is 0 Å². The van der Waals surface area contributed by atoms with Gasteiger partial charge in [-0.05, 0) is 12.8 Å². The van der Waals surface area contributed by atoms with Gasteiger partial charge in [0.25, 0.3) is 0 Å². The lowest BCUT2D eigenvalue weighted by Crippen LogP contribution is -2.19. The van der Waals surface area contributed by atoms with Gasteiger partial charge in [-0.3, -0.25) is 0 Å². The molecule has 0 bridgehead atoms. The summed E-state index contributed by atoms with van der Waals surface area (Å²) in [7, 11) is 0. The number of esters is 2. The van der Waals surface area contributed by atoms with Crippen molar-refractivity contribution in [3.63, 3.8) is 0 Å². The summed E-state index contributed by atoms with van der Waals surface area (Å²) in [5, 5.41) is 0. The molecule has 0 aromatic carbocycles. The van der Waals surface area contributed by atoms with E-state index in [2.05, 4.69) is 0 Å². The third kappa shape index (κ3) is 11.7. The van der Waals surface area contributed by atoms with E-state index in [1.807, 2.05) is 0 Å². The maximum atomic E-state index is 11.0. The van der Waals surface area contributed by atoms with Crippen LogP contribution >= 0.6 is 23.2 Å². The molecule has 0 saturated carbocycles. The molecule has 0 heterocycles. The van der Waals surface area contributed by atoms with Gasteiger partial charge in [0.05, 0.1) is 13.2 Å². The van der Waals surface area contributed by atoms with Gasteiger partial charge in [0, 0.05) is 11.8 Å². The molecular weight excluding hydrogens is 271 g/mol. The van der Waals surface area contributed by atoms with E-state index in [0.717, 1.165) is 0 Å². The number of halogens is 2. The molecule has 0 aromatic heterocycles. The Morgan fingerprint density at radius 1 is 0.824 bits per heavy atom. The second kappa shape index (κ2) is 12.0. The lowest BCUT2D eigenvalue weighted by atomic mass is 10.5. The maximum absolute atomic E-state index is 11.0. The van der Waals surface area contributed by atoms with Crippen LogP contribution in [0.25, 0.3) is 0 Å². The monoisotopic (exact) mass is 286 g/mol. The topological polar surface area (TPSA) is 61.8 Å². The number of ether oxygens (including phenoxy) is 3. The molecule has 0 spiro atoms. The second-order valence-electron chi connectivity index (χ2n) is 3.02. The highest BCUT2D eigenvalue weighted by molar-refractivity contribution is 6.18. The minimum absolute atomic E-state index is 0.256. The highest BCUT2D eigenvalue weighted by Gasteiger charge is 2.06. The SMILES string of the molecule is O=C(COCC(=O)OCCCCl)OCCCCl. The lowest BCUT2D eigenvalue weighted by molar-refractivity contribution is -0.155. The fourth-order valence-electron chi connectivity index (χ4n) is 0.782. The highest BCUT2D eigenvalue weighted by Crippen LogP contribution is 1.90. The Bertz CT molecular complexity index is 201. The zero-order chi connectivity index (χ0) is 12.9. The molecule has 0 unspecified atom stereocenters.